The Kier molecular flexibility index (Phi) is 7.84. The summed E-state index contributed by atoms with van der Waals surface area (Å²) in [6.45, 7) is 3.07. The largest absolute Gasteiger partial charge is 0.497 e. The Bertz CT molecular complexity index is 1020. The summed E-state index contributed by atoms with van der Waals surface area (Å²) in [5.41, 5.74) is 1.48. The molecule has 1 aliphatic heterocycles. The average molecular weight is 463 g/mol. The van der Waals surface area contributed by atoms with Crippen molar-refractivity contribution in [3.05, 3.63) is 48.0 Å². The molecule has 1 aliphatic rings. The van der Waals surface area contributed by atoms with Crippen LogP contribution in [0.15, 0.2) is 42.5 Å². The highest BCUT2D eigenvalue weighted by Gasteiger charge is 2.21. The minimum absolute atomic E-state index is 0.114. The van der Waals surface area contributed by atoms with Crippen LogP contribution in [-0.2, 0) is 14.8 Å². The second-order valence-corrected chi connectivity index (χ2v) is 9.47. The van der Waals surface area contributed by atoms with Gasteiger partial charge in [-0.3, -0.25) is 9.10 Å². The van der Waals surface area contributed by atoms with E-state index in [0.29, 0.717) is 36.8 Å². The number of nitrogens with one attached hydrogen (secondary N) is 1. The van der Waals surface area contributed by atoms with E-state index in [2.05, 4.69) is 5.32 Å². The van der Waals surface area contributed by atoms with Gasteiger partial charge in [-0.2, -0.15) is 0 Å². The Morgan fingerprint density at radius 3 is 2.44 bits per heavy atom. The number of rotatable bonds is 10. The molecule has 1 unspecified atom stereocenters. The average Bonchev–Trinajstić information content (AvgIpc) is 2.79. The van der Waals surface area contributed by atoms with E-state index in [9.17, 15) is 13.2 Å². The molecular formula is C23H30N2O6S. The molecule has 0 spiro atoms. The lowest BCUT2D eigenvalue weighted by molar-refractivity contribution is -0.121. The van der Waals surface area contributed by atoms with Gasteiger partial charge in [0.15, 0.2) is 11.5 Å². The van der Waals surface area contributed by atoms with E-state index in [1.54, 1.807) is 25.3 Å². The van der Waals surface area contributed by atoms with Crippen LogP contribution in [0.25, 0.3) is 0 Å². The van der Waals surface area contributed by atoms with Gasteiger partial charge in [-0.1, -0.05) is 19.1 Å². The monoisotopic (exact) mass is 462 g/mol. The van der Waals surface area contributed by atoms with E-state index in [0.717, 1.165) is 24.0 Å². The number of hydrogen-bond donors (Lipinski definition) is 1. The number of sulfonamides is 1. The van der Waals surface area contributed by atoms with Gasteiger partial charge in [0.2, 0.25) is 15.9 Å². The summed E-state index contributed by atoms with van der Waals surface area (Å²) in [5, 5.41) is 3.03. The Labute approximate surface area is 189 Å². The maximum Gasteiger partial charge on any atom is 0.232 e. The summed E-state index contributed by atoms with van der Waals surface area (Å²) in [7, 11) is -1.92. The topological polar surface area (TPSA) is 94.2 Å². The number of fused-ring (bicyclic) bond motifs is 1. The van der Waals surface area contributed by atoms with E-state index < -0.39 is 10.0 Å². The van der Waals surface area contributed by atoms with E-state index in [4.69, 9.17) is 14.2 Å². The van der Waals surface area contributed by atoms with Gasteiger partial charge in [0.25, 0.3) is 0 Å². The molecule has 0 radical (unpaired) electrons. The first-order valence-electron chi connectivity index (χ1n) is 10.6. The molecule has 0 saturated heterocycles. The maximum atomic E-state index is 12.5. The van der Waals surface area contributed by atoms with Gasteiger partial charge in [0, 0.05) is 19.0 Å². The van der Waals surface area contributed by atoms with Gasteiger partial charge < -0.3 is 19.5 Å². The fraction of sp³-hybridized carbons (Fsp3) is 0.435. The van der Waals surface area contributed by atoms with Crippen molar-refractivity contribution in [1.82, 2.24) is 5.32 Å². The zero-order valence-corrected chi connectivity index (χ0v) is 19.5. The summed E-state index contributed by atoms with van der Waals surface area (Å²) in [6.07, 6.45) is 2.49. The summed E-state index contributed by atoms with van der Waals surface area (Å²) in [4.78, 5) is 12.5. The summed E-state index contributed by atoms with van der Waals surface area (Å²) in [5.74, 6) is 1.75. The number of methoxy groups -OCH3 is 1. The predicted octanol–water partition coefficient (Wildman–Crippen LogP) is 3.28. The SMILES string of the molecule is CCC(NC(=O)CCCN(c1ccc2c(c1)OCCO2)S(C)(=O)=O)c1ccc(OC)cc1. The molecule has 3 rings (SSSR count). The third kappa shape index (κ3) is 6.06. The fourth-order valence-corrected chi connectivity index (χ4v) is 4.54. The van der Waals surface area contributed by atoms with Crippen LogP contribution >= 0.6 is 0 Å². The Morgan fingerprint density at radius 1 is 1.12 bits per heavy atom. The molecule has 32 heavy (non-hydrogen) atoms. The molecule has 1 heterocycles. The maximum absolute atomic E-state index is 12.5. The zero-order chi connectivity index (χ0) is 23.1. The minimum Gasteiger partial charge on any atom is -0.497 e. The Balaban J connectivity index is 1.60. The quantitative estimate of drug-likeness (QED) is 0.582. The molecule has 9 heteroatoms. The van der Waals surface area contributed by atoms with E-state index in [1.807, 2.05) is 31.2 Å². The molecule has 0 aliphatic carbocycles. The lowest BCUT2D eigenvalue weighted by Gasteiger charge is -2.25. The third-order valence-corrected chi connectivity index (χ3v) is 6.43. The first kappa shape index (κ1) is 23.7. The number of amides is 1. The highest BCUT2D eigenvalue weighted by atomic mass is 32.2. The number of benzene rings is 2. The van der Waals surface area contributed by atoms with Crippen LogP contribution in [-0.4, -0.2) is 47.4 Å². The molecule has 8 nitrogen and oxygen atoms in total. The highest BCUT2D eigenvalue weighted by Crippen LogP contribution is 2.34. The van der Waals surface area contributed by atoms with E-state index in [-0.39, 0.29) is 24.9 Å². The summed E-state index contributed by atoms with van der Waals surface area (Å²) in [6, 6.07) is 12.5. The highest BCUT2D eigenvalue weighted by molar-refractivity contribution is 7.92. The number of carbonyl (C=O) groups excluding carboxylic acids is 1. The van der Waals surface area contributed by atoms with Crippen molar-refractivity contribution in [2.24, 2.45) is 0 Å². The van der Waals surface area contributed by atoms with Crippen molar-refractivity contribution in [1.29, 1.82) is 0 Å². The second kappa shape index (κ2) is 10.6. The smallest absolute Gasteiger partial charge is 0.232 e. The first-order valence-corrected chi connectivity index (χ1v) is 12.5. The number of hydrogen-bond acceptors (Lipinski definition) is 6. The zero-order valence-electron chi connectivity index (χ0n) is 18.7. The van der Waals surface area contributed by atoms with E-state index in [1.165, 1.54) is 4.31 Å². The number of anilines is 1. The van der Waals surface area contributed by atoms with Gasteiger partial charge in [-0.05, 0) is 42.7 Å². The second-order valence-electron chi connectivity index (χ2n) is 7.57. The Morgan fingerprint density at radius 2 is 1.81 bits per heavy atom. The molecule has 1 atom stereocenters. The molecule has 0 saturated carbocycles. The lowest BCUT2D eigenvalue weighted by Crippen LogP contribution is -2.33. The van der Waals surface area contributed by atoms with Crippen LogP contribution in [0.5, 0.6) is 17.2 Å². The molecule has 1 amide bonds. The van der Waals surface area contributed by atoms with Crippen LogP contribution in [0.4, 0.5) is 5.69 Å². The van der Waals surface area contributed by atoms with E-state index >= 15 is 0 Å². The van der Waals surface area contributed by atoms with Gasteiger partial charge in [-0.15, -0.1) is 0 Å². The van der Waals surface area contributed by atoms with Crippen molar-refractivity contribution in [3.63, 3.8) is 0 Å². The molecule has 0 bridgehead atoms. The molecule has 2 aromatic rings. The van der Waals surface area contributed by atoms with Gasteiger partial charge in [0.05, 0.1) is 25.1 Å². The molecule has 1 N–H and O–H groups in total. The van der Waals surface area contributed by atoms with Crippen LogP contribution < -0.4 is 23.8 Å². The minimum atomic E-state index is -3.53. The molecule has 174 valence electrons. The molecular weight excluding hydrogens is 432 g/mol. The normalized spacial score (nSPS) is 13.8. The predicted molar refractivity (Wildman–Crippen MR) is 123 cm³/mol. The van der Waals surface area contributed by atoms with Crippen molar-refractivity contribution >= 4 is 21.6 Å². The number of nitrogens with zero attached hydrogens (tertiary/aromatic N) is 1. The van der Waals surface area contributed by atoms with Crippen molar-refractivity contribution in [2.75, 3.05) is 37.4 Å². The number of ether oxygens (including phenoxy) is 3. The summed E-state index contributed by atoms with van der Waals surface area (Å²) < 4.78 is 42.3. The fourth-order valence-electron chi connectivity index (χ4n) is 3.58. The van der Waals surface area contributed by atoms with Crippen molar-refractivity contribution < 1.29 is 27.4 Å². The summed E-state index contributed by atoms with van der Waals surface area (Å²) >= 11 is 0. The molecule has 0 fully saturated rings. The lowest BCUT2D eigenvalue weighted by atomic mass is 10.0. The third-order valence-electron chi connectivity index (χ3n) is 5.24. The Hall–Kier alpha value is -2.94. The van der Waals surface area contributed by atoms with Crippen molar-refractivity contribution in [2.45, 2.75) is 32.2 Å². The van der Waals surface area contributed by atoms with Crippen LogP contribution in [0, 0.1) is 0 Å². The van der Waals surface area contributed by atoms with Gasteiger partial charge >= 0.3 is 0 Å². The molecule has 0 aromatic heterocycles. The van der Waals surface area contributed by atoms with Crippen molar-refractivity contribution in [3.8, 4) is 17.2 Å². The van der Waals surface area contributed by atoms with Crippen LogP contribution in [0.2, 0.25) is 0 Å². The van der Waals surface area contributed by atoms with Gasteiger partial charge in [0.1, 0.15) is 19.0 Å². The standard InChI is InChI=1S/C23H30N2O6S/c1-4-20(17-7-10-19(29-2)11-8-17)24-23(26)6-5-13-25(32(3,27)28)18-9-12-21-22(16-18)31-15-14-30-21/h7-12,16,20H,4-6,13-15H2,1-3H3,(H,24,26). The van der Waals surface area contributed by atoms with Gasteiger partial charge in [-0.25, -0.2) is 8.42 Å². The van der Waals surface area contributed by atoms with Crippen LogP contribution in [0.1, 0.15) is 37.8 Å². The molecule has 2 aromatic carbocycles. The number of carbonyl (C=O) groups is 1. The first-order chi connectivity index (χ1) is 15.3. The van der Waals surface area contributed by atoms with Crippen LogP contribution in [0.3, 0.4) is 0 Å².